The molecule has 0 unspecified atom stereocenters. The summed E-state index contributed by atoms with van der Waals surface area (Å²) in [4.78, 5) is 8.91. The molecule has 2 fully saturated rings. The van der Waals surface area contributed by atoms with Gasteiger partial charge in [-0.3, -0.25) is 9.98 Å². The van der Waals surface area contributed by atoms with Gasteiger partial charge < -0.3 is 5.32 Å². The third-order valence-corrected chi connectivity index (χ3v) is 5.41. The van der Waals surface area contributed by atoms with Crippen LogP contribution in [0.1, 0.15) is 43.2 Å². The molecule has 0 atom stereocenters. The zero-order valence-corrected chi connectivity index (χ0v) is 12.3. The van der Waals surface area contributed by atoms with Gasteiger partial charge in [0, 0.05) is 23.7 Å². The SMILES string of the molecule is Cc1ccncc1CN=C1NC2(CCCCC2)CS1. The number of nitrogens with zero attached hydrogens (tertiary/aromatic N) is 2. The number of hydrogen-bond donors (Lipinski definition) is 1. The molecule has 1 saturated heterocycles. The second-order valence-electron chi connectivity index (χ2n) is 5.68. The number of aromatic nitrogens is 1. The molecule has 1 N–H and O–H groups in total. The van der Waals surface area contributed by atoms with Crippen LogP contribution in [0.4, 0.5) is 0 Å². The molecule has 102 valence electrons. The Morgan fingerprint density at radius 1 is 1.37 bits per heavy atom. The standard InChI is InChI=1S/C15H21N3S/c1-12-5-8-16-9-13(12)10-17-14-18-15(11-19-14)6-3-2-4-7-15/h5,8-9H,2-4,6-7,10-11H2,1H3,(H,17,18). The van der Waals surface area contributed by atoms with E-state index in [1.54, 1.807) is 0 Å². The first-order chi connectivity index (χ1) is 9.27. The van der Waals surface area contributed by atoms with Crippen molar-refractivity contribution in [3.63, 3.8) is 0 Å². The summed E-state index contributed by atoms with van der Waals surface area (Å²) >= 11 is 1.89. The van der Waals surface area contributed by atoms with Gasteiger partial charge in [-0.1, -0.05) is 31.0 Å². The Kier molecular flexibility index (Phi) is 3.78. The summed E-state index contributed by atoms with van der Waals surface area (Å²) in [5.41, 5.74) is 2.85. The third-order valence-electron chi connectivity index (χ3n) is 4.21. The smallest absolute Gasteiger partial charge is 0.157 e. The number of aliphatic imine (C=N–C) groups is 1. The summed E-state index contributed by atoms with van der Waals surface area (Å²) in [5, 5.41) is 4.82. The molecular formula is C15H21N3S. The molecule has 19 heavy (non-hydrogen) atoms. The van der Waals surface area contributed by atoms with Gasteiger partial charge in [-0.2, -0.15) is 0 Å². The number of hydrogen-bond acceptors (Lipinski definition) is 3. The van der Waals surface area contributed by atoms with Gasteiger partial charge in [0.05, 0.1) is 6.54 Å². The van der Waals surface area contributed by atoms with Crippen LogP contribution in [0.25, 0.3) is 0 Å². The Balaban J connectivity index is 1.64. The van der Waals surface area contributed by atoms with Crippen molar-refractivity contribution in [2.75, 3.05) is 5.75 Å². The molecule has 0 aromatic carbocycles. The molecule has 2 aliphatic rings. The lowest BCUT2D eigenvalue weighted by atomic mass is 9.83. The second-order valence-corrected chi connectivity index (χ2v) is 6.64. The average Bonchev–Trinajstić information content (AvgIpc) is 2.82. The normalized spacial score (nSPS) is 23.7. The molecule has 1 saturated carbocycles. The molecule has 2 heterocycles. The molecule has 1 aromatic rings. The van der Waals surface area contributed by atoms with Gasteiger partial charge in [-0.25, -0.2) is 0 Å². The van der Waals surface area contributed by atoms with Crippen molar-refractivity contribution >= 4 is 16.9 Å². The fourth-order valence-corrected chi connectivity index (χ4v) is 4.13. The van der Waals surface area contributed by atoms with Crippen LogP contribution in [0.3, 0.4) is 0 Å². The zero-order valence-electron chi connectivity index (χ0n) is 11.5. The van der Waals surface area contributed by atoms with E-state index in [2.05, 4.69) is 17.2 Å². The van der Waals surface area contributed by atoms with Crippen LogP contribution in [0, 0.1) is 6.92 Å². The van der Waals surface area contributed by atoms with Crippen LogP contribution in [0.2, 0.25) is 0 Å². The fraction of sp³-hybridized carbons (Fsp3) is 0.600. The highest BCUT2D eigenvalue weighted by molar-refractivity contribution is 8.14. The maximum atomic E-state index is 4.73. The van der Waals surface area contributed by atoms with Crippen molar-refractivity contribution in [1.29, 1.82) is 0 Å². The van der Waals surface area contributed by atoms with Gasteiger partial charge in [0.25, 0.3) is 0 Å². The summed E-state index contributed by atoms with van der Waals surface area (Å²) in [6.45, 7) is 2.86. The first-order valence-electron chi connectivity index (χ1n) is 7.12. The highest BCUT2D eigenvalue weighted by atomic mass is 32.2. The van der Waals surface area contributed by atoms with E-state index >= 15 is 0 Å². The van der Waals surface area contributed by atoms with Crippen LogP contribution < -0.4 is 5.32 Å². The first-order valence-corrected chi connectivity index (χ1v) is 8.11. The van der Waals surface area contributed by atoms with E-state index in [-0.39, 0.29) is 0 Å². The van der Waals surface area contributed by atoms with Crippen molar-refractivity contribution < 1.29 is 0 Å². The summed E-state index contributed by atoms with van der Waals surface area (Å²) < 4.78 is 0. The highest BCUT2D eigenvalue weighted by Crippen LogP contribution is 2.36. The van der Waals surface area contributed by atoms with Crippen LogP contribution in [-0.2, 0) is 6.54 Å². The Bertz CT molecular complexity index is 478. The van der Waals surface area contributed by atoms with Crippen LogP contribution in [0.15, 0.2) is 23.5 Å². The van der Waals surface area contributed by atoms with Crippen molar-refractivity contribution in [3.8, 4) is 0 Å². The van der Waals surface area contributed by atoms with E-state index in [0.717, 1.165) is 11.7 Å². The average molecular weight is 275 g/mol. The zero-order chi connectivity index (χ0) is 13.1. The number of thioether (sulfide) groups is 1. The first kappa shape index (κ1) is 13.0. The van der Waals surface area contributed by atoms with Crippen LogP contribution in [0.5, 0.6) is 0 Å². The Hall–Kier alpha value is -1.03. The minimum Gasteiger partial charge on any atom is -0.359 e. The van der Waals surface area contributed by atoms with Crippen LogP contribution in [-0.4, -0.2) is 21.4 Å². The summed E-state index contributed by atoms with van der Waals surface area (Å²) in [6.07, 6.45) is 10.5. The van der Waals surface area contributed by atoms with Gasteiger partial charge >= 0.3 is 0 Å². The third kappa shape index (κ3) is 2.94. The molecule has 0 amide bonds. The molecule has 0 radical (unpaired) electrons. The largest absolute Gasteiger partial charge is 0.359 e. The summed E-state index contributed by atoms with van der Waals surface area (Å²) in [5.74, 6) is 1.19. The highest BCUT2D eigenvalue weighted by Gasteiger charge is 2.37. The molecule has 1 spiro atoms. The quantitative estimate of drug-likeness (QED) is 0.900. The number of pyridine rings is 1. The number of nitrogens with one attached hydrogen (secondary N) is 1. The molecule has 3 nitrogen and oxygen atoms in total. The Morgan fingerprint density at radius 3 is 3.00 bits per heavy atom. The van der Waals surface area contributed by atoms with E-state index in [9.17, 15) is 0 Å². The maximum Gasteiger partial charge on any atom is 0.157 e. The molecule has 3 rings (SSSR count). The predicted molar refractivity (Wildman–Crippen MR) is 81.5 cm³/mol. The van der Waals surface area contributed by atoms with E-state index < -0.39 is 0 Å². The topological polar surface area (TPSA) is 37.3 Å². The Morgan fingerprint density at radius 2 is 2.21 bits per heavy atom. The van der Waals surface area contributed by atoms with Gasteiger partial charge in [-0.15, -0.1) is 0 Å². The predicted octanol–water partition coefficient (Wildman–Crippen LogP) is 3.29. The molecule has 1 aliphatic heterocycles. The maximum absolute atomic E-state index is 4.73. The Labute approximate surface area is 119 Å². The van der Waals surface area contributed by atoms with E-state index in [1.165, 1.54) is 49.0 Å². The minimum atomic E-state index is 0.353. The molecule has 1 aromatic heterocycles. The number of rotatable bonds is 2. The molecule has 1 aliphatic carbocycles. The van der Waals surface area contributed by atoms with Crippen molar-refractivity contribution in [2.45, 2.75) is 51.1 Å². The van der Waals surface area contributed by atoms with Gasteiger partial charge in [0.15, 0.2) is 5.17 Å². The monoisotopic (exact) mass is 275 g/mol. The number of amidine groups is 1. The van der Waals surface area contributed by atoms with Gasteiger partial charge in [-0.05, 0) is 37.0 Å². The summed E-state index contributed by atoms with van der Waals surface area (Å²) in [7, 11) is 0. The van der Waals surface area contributed by atoms with Crippen molar-refractivity contribution in [1.82, 2.24) is 10.3 Å². The van der Waals surface area contributed by atoms with Gasteiger partial charge in [0.1, 0.15) is 0 Å². The lowest BCUT2D eigenvalue weighted by Crippen LogP contribution is -2.45. The van der Waals surface area contributed by atoms with E-state index in [1.807, 2.05) is 30.2 Å². The van der Waals surface area contributed by atoms with Crippen molar-refractivity contribution in [2.24, 2.45) is 4.99 Å². The second kappa shape index (κ2) is 5.53. The van der Waals surface area contributed by atoms with E-state index in [4.69, 9.17) is 4.99 Å². The summed E-state index contributed by atoms with van der Waals surface area (Å²) in [6, 6.07) is 2.05. The molecule has 4 heteroatoms. The minimum absolute atomic E-state index is 0.353. The number of aryl methyl sites for hydroxylation is 1. The fourth-order valence-electron chi connectivity index (χ4n) is 2.91. The lowest BCUT2D eigenvalue weighted by Gasteiger charge is -2.32. The molecule has 0 bridgehead atoms. The van der Waals surface area contributed by atoms with E-state index in [0.29, 0.717) is 5.54 Å². The molecular weight excluding hydrogens is 254 g/mol. The lowest BCUT2D eigenvalue weighted by molar-refractivity contribution is 0.303. The van der Waals surface area contributed by atoms with Crippen molar-refractivity contribution in [3.05, 3.63) is 29.6 Å². The van der Waals surface area contributed by atoms with Crippen LogP contribution >= 0.6 is 11.8 Å². The van der Waals surface area contributed by atoms with Gasteiger partial charge in [0.2, 0.25) is 0 Å².